The summed E-state index contributed by atoms with van der Waals surface area (Å²) in [5, 5.41) is 0. The van der Waals surface area contributed by atoms with E-state index in [1.54, 1.807) is 20.8 Å². The van der Waals surface area contributed by atoms with E-state index >= 15 is 0 Å². The van der Waals surface area contributed by atoms with Crippen LogP contribution >= 0.6 is 0 Å². The molecule has 0 aliphatic heterocycles. The van der Waals surface area contributed by atoms with Crippen molar-refractivity contribution in [2.45, 2.75) is 47.0 Å². The number of hydrogen-bond donors (Lipinski definition) is 0. The topological polar surface area (TPSA) is 26.3 Å². The third-order valence-electron chi connectivity index (χ3n) is 2.05. The summed E-state index contributed by atoms with van der Waals surface area (Å²) < 4.78 is 28.5. The van der Waals surface area contributed by atoms with Gasteiger partial charge in [-0.25, -0.2) is 8.63 Å². The van der Waals surface area contributed by atoms with Crippen molar-refractivity contribution in [1.29, 1.82) is 0 Å². The van der Waals surface area contributed by atoms with Crippen LogP contribution in [-0.2, 0) is 9.45 Å². The molecule has 0 saturated carbocycles. The number of unbranched alkanes of at least 4 members (excludes halogenated alkanes) is 1. The van der Waals surface area contributed by atoms with Gasteiger partial charge in [0.15, 0.2) is 5.78 Å². The lowest BCUT2D eigenvalue weighted by molar-refractivity contribution is -0.121. The molecule has 0 atom stereocenters. The van der Waals surface area contributed by atoms with Crippen molar-refractivity contribution in [3.8, 4) is 0 Å². The highest BCUT2D eigenvalue weighted by Gasteiger charge is 2.23. The highest BCUT2D eigenvalue weighted by atomic mass is 19.2. The van der Waals surface area contributed by atoms with E-state index in [0.717, 1.165) is 12.8 Å². The van der Waals surface area contributed by atoms with Crippen molar-refractivity contribution in [3.63, 3.8) is 0 Å². The molecule has 0 heterocycles. The Morgan fingerprint density at radius 2 is 1.94 bits per heavy atom. The van der Waals surface area contributed by atoms with Crippen LogP contribution in [0.3, 0.4) is 0 Å². The maximum absolute atomic E-state index is 12.1. The predicted molar refractivity (Wildman–Crippen MR) is 61.1 cm³/mol. The van der Waals surface area contributed by atoms with Crippen molar-refractivity contribution in [2.24, 2.45) is 5.41 Å². The molecule has 0 aromatic carbocycles. The van der Waals surface area contributed by atoms with Crippen molar-refractivity contribution in [2.75, 3.05) is 0 Å². The van der Waals surface area contributed by atoms with Gasteiger partial charge in [0.05, 0.1) is 5.76 Å². The monoisotopic (exact) mass is 232 g/mol. The Labute approximate surface area is 96.3 Å². The highest BCUT2D eigenvalue weighted by Crippen LogP contribution is 2.19. The molecule has 0 aliphatic rings. The van der Waals surface area contributed by atoms with Crippen molar-refractivity contribution in [1.82, 2.24) is 0 Å². The molecule has 0 spiro atoms. The van der Waals surface area contributed by atoms with Crippen LogP contribution in [0, 0.1) is 5.41 Å². The number of carbonyl (C=O) groups is 1. The van der Waals surface area contributed by atoms with Crippen LogP contribution in [0.25, 0.3) is 0 Å². The molecule has 0 unspecified atom stereocenters. The van der Waals surface area contributed by atoms with Gasteiger partial charge >= 0.3 is 7.47 Å². The summed E-state index contributed by atoms with van der Waals surface area (Å²) in [7, 11) is -2.86. The first-order valence-electron chi connectivity index (χ1n) is 5.47. The molecule has 0 bridgehead atoms. The average molecular weight is 232 g/mol. The second kappa shape index (κ2) is 6.66. The fraction of sp³-hybridized carbons (Fsp3) is 0.727. The first kappa shape index (κ1) is 15.1. The Hall–Kier alpha value is -0.865. The maximum atomic E-state index is 12.1. The maximum Gasteiger partial charge on any atom is 0.796 e. The van der Waals surface area contributed by atoms with E-state index in [1.165, 1.54) is 6.08 Å². The van der Waals surface area contributed by atoms with E-state index in [1.807, 2.05) is 6.92 Å². The number of allylic oxidation sites excluding steroid dienone is 2. The van der Waals surface area contributed by atoms with Crippen molar-refractivity contribution < 1.29 is 18.1 Å². The Kier molecular flexibility index (Phi) is 6.30. The summed E-state index contributed by atoms with van der Waals surface area (Å²) in [6, 6.07) is 0. The minimum absolute atomic E-state index is 0.0803. The number of halogens is 2. The lowest BCUT2D eigenvalue weighted by Gasteiger charge is -2.15. The molecule has 0 aliphatic carbocycles. The molecule has 0 radical (unpaired) electrons. The van der Waals surface area contributed by atoms with E-state index < -0.39 is 12.9 Å². The average Bonchev–Trinajstić information content (AvgIpc) is 2.11. The zero-order chi connectivity index (χ0) is 12.8. The lowest BCUT2D eigenvalue weighted by atomic mass is 9.90. The molecule has 0 aromatic heterocycles. The van der Waals surface area contributed by atoms with Gasteiger partial charge < -0.3 is 4.65 Å². The van der Waals surface area contributed by atoms with E-state index in [9.17, 15) is 13.4 Å². The summed E-state index contributed by atoms with van der Waals surface area (Å²) in [5.74, 6) is -0.115. The van der Waals surface area contributed by atoms with Gasteiger partial charge in [-0.1, -0.05) is 34.1 Å². The highest BCUT2D eigenvalue weighted by molar-refractivity contribution is 6.34. The molecule has 2 nitrogen and oxygen atoms in total. The molecule has 5 heteroatoms. The number of ketones is 1. The molecule has 0 aromatic rings. The largest absolute Gasteiger partial charge is 0.796 e. The van der Waals surface area contributed by atoms with Gasteiger partial charge in [0.2, 0.25) is 0 Å². The van der Waals surface area contributed by atoms with Gasteiger partial charge in [-0.3, -0.25) is 4.79 Å². The van der Waals surface area contributed by atoms with Crippen LogP contribution in [0.5, 0.6) is 0 Å². The molecular formula is C11H19BF2O2. The zero-order valence-electron chi connectivity index (χ0n) is 10.3. The molecule has 92 valence electrons. The molecule has 0 amide bonds. The second-order valence-corrected chi connectivity index (χ2v) is 4.71. The molecule has 0 N–H and O–H groups in total. The number of carbonyl (C=O) groups excluding carboxylic acids is 1. The quantitative estimate of drug-likeness (QED) is 0.397. The van der Waals surface area contributed by atoms with Gasteiger partial charge in [0.25, 0.3) is 0 Å². The first-order chi connectivity index (χ1) is 7.27. The summed E-state index contributed by atoms with van der Waals surface area (Å²) >= 11 is 0. The Bertz CT molecular complexity index is 257. The second-order valence-electron chi connectivity index (χ2n) is 4.71. The standard InChI is InChI=1S/C11H19BF2O2/c1-5-6-7-9(16-12(13)14)8-10(15)11(2,3)4/h8H,5-7H2,1-4H3. The molecule has 0 fully saturated rings. The van der Waals surface area contributed by atoms with E-state index in [4.69, 9.17) is 0 Å². The summed E-state index contributed by atoms with van der Waals surface area (Å²) in [5.41, 5.74) is -0.567. The first-order valence-corrected chi connectivity index (χ1v) is 5.47. The SMILES string of the molecule is CCCCC(=CC(=O)C(C)(C)C)OB(F)F. The van der Waals surface area contributed by atoms with E-state index in [0.29, 0.717) is 6.42 Å². The summed E-state index contributed by atoms with van der Waals surface area (Å²) in [6.45, 7) is 7.18. The van der Waals surface area contributed by atoms with E-state index in [-0.39, 0.29) is 11.5 Å². The van der Waals surface area contributed by atoms with Gasteiger partial charge in [0.1, 0.15) is 0 Å². The molecule has 16 heavy (non-hydrogen) atoms. The Balaban J connectivity index is 4.60. The smallest absolute Gasteiger partial charge is 0.509 e. The van der Waals surface area contributed by atoms with Crippen LogP contribution in [0.15, 0.2) is 11.8 Å². The van der Waals surface area contributed by atoms with Crippen LogP contribution in [-0.4, -0.2) is 13.3 Å². The van der Waals surface area contributed by atoms with Crippen LogP contribution in [0.2, 0.25) is 0 Å². The lowest BCUT2D eigenvalue weighted by Crippen LogP contribution is -2.19. The number of rotatable bonds is 6. The normalized spacial score (nSPS) is 12.5. The third kappa shape index (κ3) is 6.59. The zero-order valence-corrected chi connectivity index (χ0v) is 10.3. The predicted octanol–water partition coefficient (Wildman–Crippen LogP) is 3.62. The van der Waals surface area contributed by atoms with E-state index in [2.05, 4.69) is 4.65 Å². The fourth-order valence-electron chi connectivity index (χ4n) is 0.993. The fourth-order valence-corrected chi connectivity index (χ4v) is 0.993. The number of hydrogen-bond acceptors (Lipinski definition) is 2. The van der Waals surface area contributed by atoms with Crippen molar-refractivity contribution >= 4 is 13.3 Å². The van der Waals surface area contributed by atoms with Gasteiger partial charge in [-0.05, 0) is 6.42 Å². The van der Waals surface area contributed by atoms with Crippen LogP contribution in [0.4, 0.5) is 8.63 Å². The Morgan fingerprint density at radius 1 is 1.38 bits per heavy atom. The molecule has 0 saturated heterocycles. The van der Waals surface area contributed by atoms with Gasteiger partial charge in [-0.2, -0.15) is 0 Å². The summed E-state index contributed by atoms with van der Waals surface area (Å²) in [6.07, 6.45) is 3.17. The molecular weight excluding hydrogens is 213 g/mol. The molecule has 0 rings (SSSR count). The summed E-state index contributed by atoms with van der Waals surface area (Å²) in [4.78, 5) is 11.6. The van der Waals surface area contributed by atoms with Crippen LogP contribution < -0.4 is 0 Å². The van der Waals surface area contributed by atoms with Gasteiger partial charge in [0, 0.05) is 17.9 Å². The van der Waals surface area contributed by atoms with Gasteiger partial charge in [-0.15, -0.1) is 0 Å². The third-order valence-corrected chi connectivity index (χ3v) is 2.05. The Morgan fingerprint density at radius 3 is 2.31 bits per heavy atom. The van der Waals surface area contributed by atoms with Crippen LogP contribution in [0.1, 0.15) is 47.0 Å². The van der Waals surface area contributed by atoms with Crippen molar-refractivity contribution in [3.05, 3.63) is 11.8 Å². The minimum atomic E-state index is -2.86. The minimum Gasteiger partial charge on any atom is -0.509 e.